The maximum absolute atomic E-state index is 13.0. The van der Waals surface area contributed by atoms with E-state index in [1.54, 1.807) is 18.3 Å². The van der Waals surface area contributed by atoms with Crippen LogP contribution in [0.15, 0.2) is 35.5 Å². The van der Waals surface area contributed by atoms with E-state index in [-0.39, 0.29) is 4.90 Å². The average Bonchev–Trinajstić information content (AvgIpc) is 2.91. The molecule has 1 fully saturated rings. The van der Waals surface area contributed by atoms with Crippen molar-refractivity contribution in [2.24, 2.45) is 0 Å². The van der Waals surface area contributed by atoms with E-state index in [4.69, 9.17) is 0 Å². The van der Waals surface area contributed by atoms with Crippen LogP contribution >= 0.6 is 0 Å². The van der Waals surface area contributed by atoms with Crippen LogP contribution in [0.4, 0.5) is 0 Å². The average molecular weight is 332 g/mol. The van der Waals surface area contributed by atoms with Crippen molar-refractivity contribution in [1.82, 2.24) is 19.3 Å². The first-order valence-corrected chi connectivity index (χ1v) is 9.04. The first-order chi connectivity index (χ1) is 10.8. The summed E-state index contributed by atoms with van der Waals surface area (Å²) in [5.41, 5.74) is 0.963. The summed E-state index contributed by atoms with van der Waals surface area (Å²) >= 11 is 0. The number of sulfonamides is 1. The maximum atomic E-state index is 13.0. The minimum atomic E-state index is -3.63. The van der Waals surface area contributed by atoms with Crippen molar-refractivity contribution in [1.29, 1.82) is 0 Å². The van der Waals surface area contributed by atoms with Crippen LogP contribution in [0.1, 0.15) is 37.0 Å². The Kier molecular flexibility index (Phi) is 3.93. The van der Waals surface area contributed by atoms with Gasteiger partial charge in [-0.15, -0.1) is 0 Å². The number of hydrogen-bond acceptors (Lipinski definition) is 5. The molecule has 1 saturated heterocycles. The molecule has 0 amide bonds. The zero-order chi connectivity index (χ0) is 16.7. The highest BCUT2D eigenvalue weighted by atomic mass is 32.2. The first-order valence-electron chi connectivity index (χ1n) is 7.60. The van der Waals surface area contributed by atoms with Crippen molar-refractivity contribution in [2.45, 2.75) is 44.0 Å². The van der Waals surface area contributed by atoms with E-state index in [1.165, 1.54) is 10.5 Å². The number of pyridine rings is 1. The lowest BCUT2D eigenvalue weighted by molar-refractivity contribution is 0.254. The Morgan fingerprint density at radius 2 is 1.91 bits per heavy atom. The molecular formula is C16H20N4O2S. The van der Waals surface area contributed by atoms with Crippen LogP contribution in [0.25, 0.3) is 0 Å². The standard InChI is InChI=1S/C16H20N4O2S/c1-12-10-13(2)19-15(18-12)16(3)7-5-9-20(16)23(21,22)14-6-4-8-17-11-14/h4,6,8,10-11H,5,7,9H2,1-3H3. The van der Waals surface area contributed by atoms with Gasteiger partial charge in [0.2, 0.25) is 10.0 Å². The van der Waals surface area contributed by atoms with Gasteiger partial charge < -0.3 is 0 Å². The van der Waals surface area contributed by atoms with Crippen molar-refractivity contribution < 1.29 is 8.42 Å². The van der Waals surface area contributed by atoms with E-state index in [0.29, 0.717) is 18.8 Å². The van der Waals surface area contributed by atoms with Crippen molar-refractivity contribution in [2.75, 3.05) is 6.54 Å². The van der Waals surface area contributed by atoms with Gasteiger partial charge in [0, 0.05) is 30.3 Å². The molecule has 0 saturated carbocycles. The molecule has 1 atom stereocenters. The molecular weight excluding hydrogens is 312 g/mol. The molecule has 0 radical (unpaired) electrons. The lowest BCUT2D eigenvalue weighted by Gasteiger charge is -2.33. The highest BCUT2D eigenvalue weighted by molar-refractivity contribution is 7.89. The highest BCUT2D eigenvalue weighted by Crippen LogP contribution is 2.40. The lowest BCUT2D eigenvalue weighted by atomic mass is 9.99. The molecule has 1 aliphatic rings. The molecule has 3 heterocycles. The Morgan fingerprint density at radius 3 is 2.52 bits per heavy atom. The predicted molar refractivity (Wildman–Crippen MR) is 86.2 cm³/mol. The normalized spacial score (nSPS) is 22.4. The Bertz CT molecular complexity index is 803. The van der Waals surface area contributed by atoms with Crippen molar-refractivity contribution in [3.8, 4) is 0 Å². The van der Waals surface area contributed by atoms with E-state index in [0.717, 1.165) is 17.8 Å². The molecule has 6 nitrogen and oxygen atoms in total. The summed E-state index contributed by atoms with van der Waals surface area (Å²) < 4.78 is 27.6. The Hall–Kier alpha value is -1.86. The summed E-state index contributed by atoms with van der Waals surface area (Å²) in [4.78, 5) is 13.2. The number of nitrogens with zero attached hydrogens (tertiary/aromatic N) is 4. The molecule has 0 N–H and O–H groups in total. The number of aromatic nitrogens is 3. The number of rotatable bonds is 3. The van der Waals surface area contributed by atoms with Crippen LogP contribution in [0.2, 0.25) is 0 Å². The third-order valence-electron chi connectivity index (χ3n) is 4.26. The zero-order valence-electron chi connectivity index (χ0n) is 13.5. The maximum Gasteiger partial charge on any atom is 0.245 e. The van der Waals surface area contributed by atoms with E-state index in [1.807, 2.05) is 26.8 Å². The molecule has 23 heavy (non-hydrogen) atoms. The third-order valence-corrected chi connectivity index (χ3v) is 6.26. The Balaban J connectivity index is 2.09. The summed E-state index contributed by atoms with van der Waals surface area (Å²) in [7, 11) is -3.63. The summed E-state index contributed by atoms with van der Waals surface area (Å²) in [6.45, 7) is 6.17. The second-order valence-corrected chi connectivity index (χ2v) is 7.98. The fourth-order valence-corrected chi connectivity index (χ4v) is 4.91. The second kappa shape index (κ2) is 5.65. The van der Waals surface area contributed by atoms with Gasteiger partial charge in [0.1, 0.15) is 10.7 Å². The lowest BCUT2D eigenvalue weighted by Crippen LogP contribution is -2.44. The van der Waals surface area contributed by atoms with Crippen LogP contribution in [-0.4, -0.2) is 34.2 Å². The van der Waals surface area contributed by atoms with Gasteiger partial charge in [-0.2, -0.15) is 4.31 Å². The molecule has 1 unspecified atom stereocenters. The zero-order valence-corrected chi connectivity index (χ0v) is 14.3. The summed E-state index contributed by atoms with van der Waals surface area (Å²) in [5.74, 6) is 0.569. The summed E-state index contributed by atoms with van der Waals surface area (Å²) in [6, 6.07) is 5.10. The van der Waals surface area contributed by atoms with Gasteiger partial charge in [-0.1, -0.05) is 0 Å². The minimum absolute atomic E-state index is 0.206. The van der Waals surface area contributed by atoms with Crippen LogP contribution in [0, 0.1) is 13.8 Å². The SMILES string of the molecule is Cc1cc(C)nc(C2(C)CCCN2S(=O)(=O)c2cccnc2)n1. The van der Waals surface area contributed by atoms with E-state index >= 15 is 0 Å². The fourth-order valence-electron chi connectivity index (χ4n) is 3.14. The van der Waals surface area contributed by atoms with Gasteiger partial charge in [-0.25, -0.2) is 18.4 Å². The van der Waals surface area contributed by atoms with Gasteiger partial charge >= 0.3 is 0 Å². The quantitative estimate of drug-likeness (QED) is 0.861. The van der Waals surface area contributed by atoms with Crippen molar-refractivity contribution >= 4 is 10.0 Å². The second-order valence-electron chi connectivity index (χ2n) is 6.12. The van der Waals surface area contributed by atoms with E-state index in [2.05, 4.69) is 15.0 Å². The monoisotopic (exact) mass is 332 g/mol. The van der Waals surface area contributed by atoms with Crippen LogP contribution in [0.3, 0.4) is 0 Å². The number of hydrogen-bond donors (Lipinski definition) is 0. The smallest absolute Gasteiger partial charge is 0.245 e. The molecule has 0 bridgehead atoms. The van der Waals surface area contributed by atoms with Gasteiger partial charge in [0.25, 0.3) is 0 Å². The molecule has 2 aromatic rings. The topological polar surface area (TPSA) is 76.1 Å². The van der Waals surface area contributed by atoms with E-state index in [9.17, 15) is 8.42 Å². The molecule has 0 aromatic carbocycles. The largest absolute Gasteiger partial charge is 0.263 e. The van der Waals surface area contributed by atoms with Crippen LogP contribution in [0.5, 0.6) is 0 Å². The van der Waals surface area contributed by atoms with Gasteiger partial charge in [0.05, 0.1) is 5.54 Å². The Morgan fingerprint density at radius 1 is 1.22 bits per heavy atom. The minimum Gasteiger partial charge on any atom is -0.263 e. The van der Waals surface area contributed by atoms with Gasteiger partial charge in [0.15, 0.2) is 0 Å². The summed E-state index contributed by atoms with van der Waals surface area (Å²) in [6.07, 6.45) is 4.44. The molecule has 122 valence electrons. The van der Waals surface area contributed by atoms with Crippen molar-refractivity contribution in [3.63, 3.8) is 0 Å². The summed E-state index contributed by atoms with van der Waals surface area (Å²) in [5, 5.41) is 0. The highest BCUT2D eigenvalue weighted by Gasteiger charge is 2.47. The number of aryl methyl sites for hydroxylation is 2. The molecule has 1 aliphatic heterocycles. The predicted octanol–water partition coefficient (Wildman–Crippen LogP) is 2.19. The third kappa shape index (κ3) is 2.74. The van der Waals surface area contributed by atoms with Crippen LogP contribution in [-0.2, 0) is 15.6 Å². The fraction of sp³-hybridized carbons (Fsp3) is 0.438. The van der Waals surface area contributed by atoms with Gasteiger partial charge in [-0.3, -0.25) is 4.98 Å². The molecule has 2 aromatic heterocycles. The van der Waals surface area contributed by atoms with Crippen molar-refractivity contribution in [3.05, 3.63) is 47.8 Å². The Labute approximate surface area is 136 Å². The first kappa shape index (κ1) is 16.0. The molecule has 0 aliphatic carbocycles. The molecule has 7 heteroatoms. The molecule has 3 rings (SSSR count). The van der Waals surface area contributed by atoms with Gasteiger partial charge in [-0.05, 0) is 51.8 Å². The molecule has 0 spiro atoms. The van der Waals surface area contributed by atoms with E-state index < -0.39 is 15.6 Å². The van der Waals surface area contributed by atoms with Crippen LogP contribution < -0.4 is 0 Å².